The third-order valence-electron chi connectivity index (χ3n) is 7.58. The van der Waals surface area contributed by atoms with Crippen molar-refractivity contribution in [3.63, 3.8) is 0 Å². The van der Waals surface area contributed by atoms with Gasteiger partial charge in [-0.05, 0) is 68.0 Å². The summed E-state index contributed by atoms with van der Waals surface area (Å²) in [4.78, 5) is 49.6. The number of nitrogens with zero attached hydrogens (tertiary/aromatic N) is 8. The van der Waals surface area contributed by atoms with Gasteiger partial charge in [-0.2, -0.15) is 0 Å². The minimum Gasteiger partial charge on any atom is -0.480 e. The second-order valence-electron chi connectivity index (χ2n) is 11.4. The fourth-order valence-electron chi connectivity index (χ4n) is 5.32. The largest absolute Gasteiger partial charge is 0.480 e. The van der Waals surface area contributed by atoms with E-state index in [1.807, 2.05) is 82.6 Å². The third kappa shape index (κ3) is 14.1. The van der Waals surface area contributed by atoms with Crippen molar-refractivity contribution in [1.82, 2.24) is 39.5 Å². The van der Waals surface area contributed by atoms with E-state index in [2.05, 4.69) is 29.7 Å². The van der Waals surface area contributed by atoms with Crippen LogP contribution in [0.5, 0.6) is 0 Å². The molecule has 4 aromatic heterocycles. The van der Waals surface area contributed by atoms with E-state index in [9.17, 15) is 19.8 Å². The van der Waals surface area contributed by atoms with Gasteiger partial charge in [0.2, 0.25) is 0 Å². The molecule has 0 aliphatic heterocycles. The van der Waals surface area contributed by atoms with E-state index < -0.39 is 11.9 Å². The third-order valence-corrected chi connectivity index (χ3v) is 7.58. The molecule has 248 valence electrons. The van der Waals surface area contributed by atoms with Gasteiger partial charge in [0.05, 0.1) is 35.9 Å². The Morgan fingerprint density at radius 2 is 0.745 bits per heavy atom. The number of hydrogen-bond donors (Lipinski definition) is 2. The summed E-state index contributed by atoms with van der Waals surface area (Å²) in [6, 6.07) is 23.1. The zero-order valence-electron chi connectivity index (χ0n) is 26.7. The molecule has 4 heterocycles. The average molecular weight is 641 g/mol. The first-order valence-corrected chi connectivity index (χ1v) is 15.9. The maximum atomic E-state index is 11.7. The van der Waals surface area contributed by atoms with Crippen molar-refractivity contribution in [3.8, 4) is 0 Å². The number of carboxylic acids is 2. The van der Waals surface area contributed by atoms with Crippen LogP contribution < -0.4 is 0 Å². The summed E-state index contributed by atoms with van der Waals surface area (Å²) in [5.41, 5.74) is 3.56. The minimum atomic E-state index is -0.873. The molecule has 12 heteroatoms. The van der Waals surface area contributed by atoms with Gasteiger partial charge in [0, 0.05) is 77.1 Å². The summed E-state index contributed by atoms with van der Waals surface area (Å²) in [5.74, 6) is -1.75. The molecule has 4 rings (SSSR count). The van der Waals surface area contributed by atoms with Crippen LogP contribution in [0.1, 0.15) is 29.2 Å². The number of pyridine rings is 4. The topological polar surface area (TPSA) is 139 Å². The fourth-order valence-corrected chi connectivity index (χ4v) is 5.32. The van der Waals surface area contributed by atoms with E-state index in [1.54, 1.807) is 24.8 Å². The summed E-state index contributed by atoms with van der Waals surface area (Å²) in [6.45, 7) is 6.02. The molecular formula is C35H44N8O4. The lowest BCUT2D eigenvalue weighted by molar-refractivity contribution is -0.139. The van der Waals surface area contributed by atoms with E-state index in [0.29, 0.717) is 52.4 Å². The molecule has 0 aliphatic rings. The Morgan fingerprint density at radius 3 is 1.02 bits per heavy atom. The maximum absolute atomic E-state index is 11.7. The number of hydrogen-bond acceptors (Lipinski definition) is 10. The Labute approximate surface area is 276 Å². The Morgan fingerprint density at radius 1 is 0.447 bits per heavy atom. The number of carboxylic acid groups (broad SMARTS) is 2. The molecule has 0 unspecified atom stereocenters. The molecule has 0 atom stereocenters. The van der Waals surface area contributed by atoms with Crippen molar-refractivity contribution in [2.24, 2.45) is 0 Å². The molecule has 0 aliphatic carbocycles. The highest BCUT2D eigenvalue weighted by atomic mass is 16.4. The Bertz CT molecular complexity index is 1340. The van der Waals surface area contributed by atoms with Crippen LogP contribution in [0.15, 0.2) is 97.6 Å². The highest BCUT2D eigenvalue weighted by molar-refractivity contribution is 5.69. The van der Waals surface area contributed by atoms with Crippen molar-refractivity contribution < 1.29 is 19.8 Å². The zero-order chi connectivity index (χ0) is 33.1. The van der Waals surface area contributed by atoms with Crippen LogP contribution in [0.3, 0.4) is 0 Å². The van der Waals surface area contributed by atoms with Crippen LogP contribution >= 0.6 is 0 Å². The second kappa shape index (κ2) is 19.8. The Balaban J connectivity index is 1.40. The first-order chi connectivity index (χ1) is 22.9. The second-order valence-corrected chi connectivity index (χ2v) is 11.4. The van der Waals surface area contributed by atoms with Gasteiger partial charge in [-0.1, -0.05) is 24.3 Å². The van der Waals surface area contributed by atoms with Gasteiger partial charge < -0.3 is 10.2 Å². The van der Waals surface area contributed by atoms with Gasteiger partial charge >= 0.3 is 11.9 Å². The van der Waals surface area contributed by atoms with Crippen LogP contribution in [0.2, 0.25) is 0 Å². The van der Waals surface area contributed by atoms with Crippen molar-refractivity contribution in [1.29, 1.82) is 0 Å². The maximum Gasteiger partial charge on any atom is 0.317 e. The standard InChI is InChI=1S/C35H44N8O4/c44-34(45)28-42(26-32-12-3-7-16-38-32)22-20-40(24-30-10-1-5-14-36-30)18-9-19-41(25-31-11-2-6-15-37-31)21-23-43(29-35(46)47)27-33-13-4-8-17-39-33/h1-8,10-17H,9,18-29H2,(H,44,45)(H,46,47). The SMILES string of the molecule is O=C(O)CN(CCN(CCCN(CCN(CC(=O)O)Cc1ccccn1)Cc1ccccn1)Cc1ccccn1)Cc1ccccn1. The van der Waals surface area contributed by atoms with Gasteiger partial charge in [0.1, 0.15) is 0 Å². The van der Waals surface area contributed by atoms with Crippen molar-refractivity contribution in [2.45, 2.75) is 32.6 Å². The van der Waals surface area contributed by atoms with Crippen LogP contribution in [-0.2, 0) is 35.8 Å². The quantitative estimate of drug-likeness (QED) is 0.130. The van der Waals surface area contributed by atoms with Crippen LogP contribution in [0.4, 0.5) is 0 Å². The molecule has 4 aromatic rings. The first kappa shape index (κ1) is 35.2. The van der Waals surface area contributed by atoms with E-state index in [4.69, 9.17) is 0 Å². The molecule has 47 heavy (non-hydrogen) atoms. The van der Waals surface area contributed by atoms with Gasteiger partial charge in [-0.25, -0.2) is 0 Å². The van der Waals surface area contributed by atoms with Gasteiger partial charge in [0.15, 0.2) is 0 Å². The van der Waals surface area contributed by atoms with E-state index in [1.165, 1.54) is 0 Å². The predicted molar refractivity (Wildman–Crippen MR) is 178 cm³/mol. The Hall–Kier alpha value is -4.62. The molecule has 12 nitrogen and oxygen atoms in total. The molecule has 0 spiro atoms. The minimum absolute atomic E-state index is 0.0722. The molecule has 0 amide bonds. The molecule has 0 bridgehead atoms. The molecular weight excluding hydrogens is 596 g/mol. The number of aromatic nitrogens is 4. The fraction of sp³-hybridized carbons (Fsp3) is 0.371. The molecule has 0 aromatic carbocycles. The lowest BCUT2D eigenvalue weighted by Gasteiger charge is -2.29. The van der Waals surface area contributed by atoms with E-state index in [0.717, 1.165) is 42.3 Å². The van der Waals surface area contributed by atoms with E-state index in [-0.39, 0.29) is 13.1 Å². The lowest BCUT2D eigenvalue weighted by Crippen LogP contribution is -2.40. The van der Waals surface area contributed by atoms with Crippen LogP contribution in [0, 0.1) is 0 Å². The molecule has 2 N–H and O–H groups in total. The lowest BCUT2D eigenvalue weighted by atomic mass is 10.2. The summed E-state index contributed by atoms with van der Waals surface area (Å²) in [7, 11) is 0. The molecule has 0 fully saturated rings. The number of carbonyl (C=O) groups is 2. The Kier molecular flexibility index (Phi) is 14.8. The first-order valence-electron chi connectivity index (χ1n) is 15.9. The normalized spacial score (nSPS) is 11.5. The van der Waals surface area contributed by atoms with Crippen LogP contribution in [0.25, 0.3) is 0 Å². The number of rotatable bonds is 22. The summed E-state index contributed by atoms with van der Waals surface area (Å²) < 4.78 is 0. The highest BCUT2D eigenvalue weighted by Gasteiger charge is 2.17. The van der Waals surface area contributed by atoms with Gasteiger partial charge in [-0.15, -0.1) is 0 Å². The molecule has 0 saturated carbocycles. The average Bonchev–Trinajstić information content (AvgIpc) is 3.07. The van der Waals surface area contributed by atoms with Crippen molar-refractivity contribution in [2.75, 3.05) is 52.4 Å². The van der Waals surface area contributed by atoms with Crippen LogP contribution in [-0.4, -0.2) is 114 Å². The van der Waals surface area contributed by atoms with Crippen molar-refractivity contribution >= 4 is 11.9 Å². The number of aliphatic carboxylic acids is 2. The summed E-state index contributed by atoms with van der Waals surface area (Å²) in [5, 5.41) is 19.1. The summed E-state index contributed by atoms with van der Waals surface area (Å²) in [6.07, 6.45) is 7.86. The zero-order valence-corrected chi connectivity index (χ0v) is 26.7. The molecule has 0 radical (unpaired) electrons. The summed E-state index contributed by atoms with van der Waals surface area (Å²) >= 11 is 0. The monoisotopic (exact) mass is 640 g/mol. The van der Waals surface area contributed by atoms with Gasteiger partial charge in [0.25, 0.3) is 0 Å². The highest BCUT2D eigenvalue weighted by Crippen LogP contribution is 2.09. The van der Waals surface area contributed by atoms with E-state index >= 15 is 0 Å². The smallest absolute Gasteiger partial charge is 0.317 e. The predicted octanol–water partition coefficient (Wildman–Crippen LogP) is 3.13. The van der Waals surface area contributed by atoms with Gasteiger partial charge in [-0.3, -0.25) is 49.1 Å². The molecule has 0 saturated heterocycles. The van der Waals surface area contributed by atoms with Crippen molar-refractivity contribution in [3.05, 3.63) is 120 Å².